The van der Waals surface area contributed by atoms with E-state index in [4.69, 9.17) is 24.7 Å². The molecule has 0 saturated carbocycles. The highest BCUT2D eigenvalue weighted by atomic mass is 127. The van der Waals surface area contributed by atoms with Crippen LogP contribution >= 0.6 is 45.3 Å². The van der Waals surface area contributed by atoms with Crippen molar-refractivity contribution in [2.45, 2.75) is 19.9 Å². The number of nitrogens with zero attached hydrogens (tertiary/aromatic N) is 6. The average molecular weight is 1550 g/mol. The second kappa shape index (κ2) is 29.2. The van der Waals surface area contributed by atoms with E-state index in [0.29, 0.717) is 81.9 Å². The summed E-state index contributed by atoms with van der Waals surface area (Å²) in [6.07, 6.45) is 3.44. The van der Waals surface area contributed by atoms with Crippen molar-refractivity contribution in [3.05, 3.63) is 239 Å². The van der Waals surface area contributed by atoms with E-state index in [1.165, 1.54) is 64.6 Å². The predicted octanol–water partition coefficient (Wildman–Crippen LogP) is 9.26. The maximum atomic E-state index is 12.5. The number of ether oxygens (including phenoxy) is 4. The van der Waals surface area contributed by atoms with Gasteiger partial charge in [-0.1, -0.05) is 142 Å². The molecule has 0 saturated heterocycles. The zero-order chi connectivity index (χ0) is 71.4. The van der Waals surface area contributed by atoms with Gasteiger partial charge in [-0.2, -0.15) is 0 Å². The van der Waals surface area contributed by atoms with E-state index in [1.54, 1.807) is 68.0 Å². The minimum Gasteiger partial charge on any atom is -0.508 e. The van der Waals surface area contributed by atoms with Crippen molar-refractivity contribution >= 4 is 98.6 Å². The Morgan fingerprint density at radius 3 is 1.23 bits per heavy atom. The highest BCUT2D eigenvalue weighted by Gasteiger charge is 2.55. The van der Waals surface area contributed by atoms with Gasteiger partial charge in [0, 0.05) is 96.0 Å². The molecule has 0 atom stereocenters. The summed E-state index contributed by atoms with van der Waals surface area (Å²) in [5.74, 6) is 0.465. The second-order valence-corrected chi connectivity index (χ2v) is 29.7. The number of rotatable bonds is 12. The van der Waals surface area contributed by atoms with Gasteiger partial charge in [0.1, 0.15) is 46.0 Å². The number of esters is 2. The highest BCUT2D eigenvalue weighted by Crippen LogP contribution is 2.59. The van der Waals surface area contributed by atoms with Crippen LogP contribution in [0.4, 0.5) is 0 Å². The zero-order valence-electron chi connectivity index (χ0n) is 53.2. The number of aromatic hydroxyl groups is 4. The molecule has 0 fully saturated rings. The van der Waals surface area contributed by atoms with E-state index in [-0.39, 0.29) is 74.6 Å². The van der Waals surface area contributed by atoms with Gasteiger partial charge in [-0.05, 0) is 60.7 Å². The molecule has 2 spiro atoms. The van der Waals surface area contributed by atoms with E-state index in [9.17, 15) is 56.4 Å². The summed E-state index contributed by atoms with van der Waals surface area (Å²) in [4.78, 5) is 56.1. The first-order valence-electron chi connectivity index (χ1n) is 30.6. The van der Waals surface area contributed by atoms with Gasteiger partial charge in [0.25, 0.3) is 0 Å². The van der Waals surface area contributed by atoms with Crippen molar-refractivity contribution < 1.29 is 75.4 Å². The van der Waals surface area contributed by atoms with Crippen LogP contribution < -0.4 is 31.2 Å². The molecule has 2 amide bonds. The number of phenolic OH excluding ortho intramolecular Hbond substituents is 4. The molecule has 16 rings (SSSR count). The fourth-order valence-corrected chi connectivity index (χ4v) is 16.4. The number of sulfone groups is 2. The number of aromatic nitrogens is 6. The SMILES string of the molecule is CNC(=O)CI.CNC(=O)CNCCS(=O)(=O)c1nn2cc(-c3ccccc3)nc2s1.NCCS(=O)(=O)c1nn2cc(-c3ccccc3)nc2s1.O=C1OC2(c3ccc(O)cc3Oc3cc(O)ccc32)c2ccccc21.O=C1OC2(c3ccc(O)cc3Oc3cc(O)ccc32)c2ccccc21. The second-order valence-electron chi connectivity index (χ2n) is 22.4. The monoisotopic (exact) mass is 1550 g/mol. The Morgan fingerprint density at radius 1 is 0.515 bits per heavy atom. The molecule has 26 nitrogen and oxygen atoms in total. The molecule has 4 aliphatic rings. The molecule has 0 bridgehead atoms. The summed E-state index contributed by atoms with van der Waals surface area (Å²) >= 11 is 4.09. The largest absolute Gasteiger partial charge is 0.508 e. The lowest BCUT2D eigenvalue weighted by molar-refractivity contribution is -0.120. The number of carbonyl (C=O) groups excluding carboxylic acids is 4. The molecule has 101 heavy (non-hydrogen) atoms. The Kier molecular flexibility index (Phi) is 20.2. The number of nitrogens with one attached hydrogen (secondary N) is 3. The van der Waals surface area contributed by atoms with Crippen LogP contribution in [0, 0.1) is 0 Å². The molecule has 4 aliphatic heterocycles. The third kappa shape index (κ3) is 14.1. The fourth-order valence-electron chi connectivity index (χ4n) is 11.3. The van der Waals surface area contributed by atoms with Crippen molar-refractivity contribution in [1.29, 1.82) is 0 Å². The predicted molar refractivity (Wildman–Crippen MR) is 382 cm³/mol. The third-order valence-electron chi connectivity index (χ3n) is 16.0. The van der Waals surface area contributed by atoms with Gasteiger partial charge < -0.3 is 61.1 Å². The van der Waals surface area contributed by atoms with Gasteiger partial charge in [0.15, 0.2) is 11.2 Å². The molecule has 516 valence electrons. The van der Waals surface area contributed by atoms with Gasteiger partial charge in [0.05, 0.1) is 57.4 Å². The summed E-state index contributed by atoms with van der Waals surface area (Å²) in [7, 11) is -3.77. The van der Waals surface area contributed by atoms with Crippen molar-refractivity contribution in [1.82, 2.24) is 45.1 Å². The van der Waals surface area contributed by atoms with E-state index < -0.39 is 42.8 Å². The normalized spacial score (nSPS) is 13.5. The Bertz CT molecular complexity index is 5060. The first-order chi connectivity index (χ1) is 48.6. The van der Waals surface area contributed by atoms with Crippen molar-refractivity contribution in [2.75, 3.05) is 49.7 Å². The Balaban J connectivity index is 0.000000124. The molecule has 12 aromatic rings. The quantitative estimate of drug-likeness (QED) is 0.0244. The third-order valence-corrected chi connectivity index (χ3v) is 22.9. The van der Waals surface area contributed by atoms with E-state index >= 15 is 0 Å². The number of benzene rings is 8. The van der Waals surface area contributed by atoms with Crippen molar-refractivity contribution in [3.63, 3.8) is 0 Å². The first-order valence-corrected chi connectivity index (χ1v) is 37.1. The minimum atomic E-state index is -3.52. The topological polar surface area (TPSA) is 377 Å². The number of imidazole rings is 2. The smallest absolute Gasteiger partial charge is 0.340 e. The number of hydrogen-bond acceptors (Lipinski definition) is 24. The molecule has 8 aromatic carbocycles. The van der Waals surface area contributed by atoms with Crippen molar-refractivity contribution in [3.8, 4) is 68.5 Å². The summed E-state index contributed by atoms with van der Waals surface area (Å²) in [6.45, 7) is 0.333. The number of phenols is 4. The number of nitrogens with two attached hydrogens (primary N) is 1. The van der Waals surface area contributed by atoms with Crippen LogP contribution in [0.5, 0.6) is 46.0 Å². The van der Waals surface area contributed by atoms with Crippen LogP contribution in [0.1, 0.15) is 54.1 Å². The van der Waals surface area contributed by atoms with Gasteiger partial charge in [-0.25, -0.2) is 45.4 Å². The van der Waals surface area contributed by atoms with Crippen LogP contribution in [-0.2, 0) is 49.9 Å². The number of halogens is 1. The maximum absolute atomic E-state index is 12.5. The van der Waals surface area contributed by atoms with Crippen LogP contribution in [0.2, 0.25) is 0 Å². The van der Waals surface area contributed by atoms with Crippen LogP contribution in [-0.4, -0.2) is 140 Å². The Hall–Kier alpha value is -10.8. The zero-order valence-corrected chi connectivity index (χ0v) is 58.6. The molecule has 31 heteroatoms. The summed E-state index contributed by atoms with van der Waals surface area (Å²) < 4.78 is 75.6. The lowest BCUT2D eigenvalue weighted by Crippen LogP contribution is -2.34. The number of amides is 2. The number of hydrogen-bond donors (Lipinski definition) is 8. The van der Waals surface area contributed by atoms with Crippen LogP contribution in [0.25, 0.3) is 32.4 Å². The standard InChI is InChI=1S/2C20H12O5.C15H17N5O3S2.C12H12N4O2S2.C3H6INO/c2*21-11-5-7-15-17(9-11)24-18-10-12(22)6-8-16(18)20(15)14-4-2-1-3-13(14)19(23)25-20;1-16-13(21)9-17-7-8-25(22,23)15-19-20-10-12(18-14(20)24-15)11-5-3-2-4-6-11;13-6-7-20(17,18)12-15-16-8-10(14-11(16)19-12)9-4-2-1-3-5-9;1-5-3(6)2-4/h2*1-10,21-22H;2-6,10,17H,7-9H2,1H3,(H,16,21);1-5,8H,6-7,13H2;2H2,1H3,(H,5,6). The molecule has 9 N–H and O–H groups in total. The number of likely N-dealkylation sites (N-methyl/N-ethyl adjacent to an activating group) is 1. The van der Waals surface area contributed by atoms with Crippen molar-refractivity contribution in [2.24, 2.45) is 5.73 Å². The number of alkyl halides is 1. The molecule has 4 aromatic heterocycles. The highest BCUT2D eigenvalue weighted by molar-refractivity contribution is 14.1. The molecular weight excluding hydrogens is 1490 g/mol. The maximum Gasteiger partial charge on any atom is 0.340 e. The lowest BCUT2D eigenvalue weighted by Gasteiger charge is -2.36. The Labute approximate surface area is 597 Å². The van der Waals surface area contributed by atoms with Crippen LogP contribution in [0.15, 0.2) is 203 Å². The van der Waals surface area contributed by atoms with Gasteiger partial charge in [-0.3, -0.25) is 9.59 Å². The average Bonchev–Trinajstić information content (AvgIpc) is 1.53. The Morgan fingerprint density at radius 2 is 0.881 bits per heavy atom. The first kappa shape index (κ1) is 70.1. The summed E-state index contributed by atoms with van der Waals surface area (Å²) in [5, 5.41) is 55.3. The minimum absolute atomic E-state index is 0.0244. The number of carbonyl (C=O) groups is 4. The molecule has 8 heterocycles. The molecular formula is C70H59IN10O16S4. The van der Waals surface area contributed by atoms with Gasteiger partial charge >= 0.3 is 11.9 Å². The molecule has 0 aliphatic carbocycles. The number of fused-ring (bicyclic) bond motifs is 14. The molecule has 0 unspecified atom stereocenters. The summed E-state index contributed by atoms with van der Waals surface area (Å²) in [5.41, 5.74) is 11.3. The van der Waals surface area contributed by atoms with E-state index in [0.717, 1.165) is 45.2 Å². The van der Waals surface area contributed by atoms with E-state index in [1.807, 2.05) is 108 Å². The fraction of sp³-hybridized carbons (Fsp3) is 0.143. The van der Waals surface area contributed by atoms with E-state index in [2.05, 4.69) is 36.1 Å². The van der Waals surface area contributed by atoms with Crippen LogP contribution in [0.3, 0.4) is 0 Å². The summed E-state index contributed by atoms with van der Waals surface area (Å²) in [6, 6.07) is 52.5. The lowest BCUT2D eigenvalue weighted by atomic mass is 9.77. The molecule has 0 radical (unpaired) electrons. The van der Waals surface area contributed by atoms with Gasteiger partial charge in [0.2, 0.25) is 50.1 Å². The van der Waals surface area contributed by atoms with Gasteiger partial charge in [-0.15, -0.1) is 10.2 Å².